The number of benzene rings is 11. The fourth-order valence-electron chi connectivity index (χ4n) is 10.9. The van der Waals surface area contributed by atoms with Gasteiger partial charge in [-0.05, 0) is 135 Å². The van der Waals surface area contributed by atoms with Gasteiger partial charge in [-0.25, -0.2) is 0 Å². The van der Waals surface area contributed by atoms with Crippen molar-refractivity contribution in [1.29, 1.82) is 0 Å². The van der Waals surface area contributed by atoms with E-state index in [0.29, 0.717) is 0 Å². The highest BCUT2D eigenvalue weighted by molar-refractivity contribution is 6.11. The number of para-hydroxylation sites is 6. The van der Waals surface area contributed by atoms with Gasteiger partial charge in [-0.3, -0.25) is 0 Å². The molecule has 0 radical (unpaired) electrons. The summed E-state index contributed by atoms with van der Waals surface area (Å²) in [5.74, 6) is 0. The monoisotopic (exact) mass is 851 g/mol. The zero-order valence-electron chi connectivity index (χ0n) is 36.5. The van der Waals surface area contributed by atoms with E-state index < -0.39 is 0 Å². The van der Waals surface area contributed by atoms with Crippen LogP contribution in [0.3, 0.4) is 0 Å². The molecule has 3 nitrogen and oxygen atoms in total. The Kier molecular flexibility index (Phi) is 8.28. The van der Waals surface area contributed by atoms with Crippen molar-refractivity contribution in [1.82, 2.24) is 13.7 Å². The molecule has 14 aromatic rings. The van der Waals surface area contributed by atoms with Crippen LogP contribution in [0.25, 0.3) is 127 Å². The Balaban J connectivity index is 0.892. The van der Waals surface area contributed by atoms with Crippen molar-refractivity contribution >= 4 is 76.2 Å². The first-order valence-electron chi connectivity index (χ1n) is 23.1. The number of aromatic nitrogens is 3. The Labute approximate surface area is 387 Å². The van der Waals surface area contributed by atoms with E-state index in [1.807, 2.05) is 0 Å². The van der Waals surface area contributed by atoms with E-state index in [1.165, 1.54) is 110 Å². The van der Waals surface area contributed by atoms with E-state index in [-0.39, 0.29) is 0 Å². The maximum Gasteiger partial charge on any atom is 0.0541 e. The fourth-order valence-corrected chi connectivity index (χ4v) is 10.9. The Morgan fingerprint density at radius 3 is 0.791 bits per heavy atom. The molecule has 14 rings (SSSR count). The molecule has 0 saturated heterocycles. The molecule has 0 aliphatic carbocycles. The maximum atomic E-state index is 2.40. The quantitative estimate of drug-likeness (QED) is 0.158. The number of nitrogens with zero attached hydrogens (tertiary/aromatic N) is 3. The predicted molar refractivity (Wildman–Crippen MR) is 283 cm³/mol. The van der Waals surface area contributed by atoms with E-state index in [9.17, 15) is 0 Å². The number of hydrogen-bond acceptors (Lipinski definition) is 0. The number of hydrogen-bond donors (Lipinski definition) is 0. The molecule has 3 heterocycles. The average molecular weight is 852 g/mol. The molecule has 0 bridgehead atoms. The second-order valence-corrected chi connectivity index (χ2v) is 17.7. The number of fused-ring (bicyclic) bond motifs is 10. The minimum Gasteiger partial charge on any atom is -0.309 e. The van der Waals surface area contributed by atoms with E-state index in [2.05, 4.69) is 262 Å². The summed E-state index contributed by atoms with van der Waals surface area (Å²) in [6.07, 6.45) is 0. The van der Waals surface area contributed by atoms with Gasteiger partial charge in [0.2, 0.25) is 0 Å². The van der Waals surface area contributed by atoms with Crippen LogP contribution in [0, 0.1) is 0 Å². The molecule has 0 N–H and O–H groups in total. The van der Waals surface area contributed by atoms with Crippen LogP contribution >= 0.6 is 0 Å². The molecule has 67 heavy (non-hydrogen) atoms. The summed E-state index contributed by atoms with van der Waals surface area (Å²) in [4.78, 5) is 0. The molecule has 0 unspecified atom stereocenters. The lowest BCUT2D eigenvalue weighted by atomic mass is 9.90. The summed E-state index contributed by atoms with van der Waals surface area (Å²) in [6, 6.07) is 91.3. The van der Waals surface area contributed by atoms with Crippen molar-refractivity contribution in [3.05, 3.63) is 249 Å². The Bertz CT molecular complexity index is 4080. The average Bonchev–Trinajstić information content (AvgIpc) is 4.04. The van der Waals surface area contributed by atoms with E-state index in [1.54, 1.807) is 0 Å². The molecular weight excluding hydrogens is 811 g/mol. The summed E-state index contributed by atoms with van der Waals surface area (Å²) >= 11 is 0. The van der Waals surface area contributed by atoms with Crippen LogP contribution in [0.15, 0.2) is 249 Å². The fraction of sp³-hybridized carbons (Fsp3) is 0. The molecule has 3 heteroatoms. The zero-order chi connectivity index (χ0) is 44.0. The van der Waals surface area contributed by atoms with Crippen LogP contribution in [0.4, 0.5) is 0 Å². The van der Waals surface area contributed by atoms with Crippen LogP contribution in [-0.2, 0) is 0 Å². The second-order valence-electron chi connectivity index (χ2n) is 17.7. The van der Waals surface area contributed by atoms with Gasteiger partial charge in [-0.2, -0.15) is 0 Å². The van der Waals surface area contributed by atoms with Crippen molar-refractivity contribution in [3.63, 3.8) is 0 Å². The summed E-state index contributed by atoms with van der Waals surface area (Å²) in [7, 11) is 0. The first-order valence-corrected chi connectivity index (χ1v) is 23.1. The van der Waals surface area contributed by atoms with Crippen molar-refractivity contribution in [2.75, 3.05) is 0 Å². The molecule has 0 amide bonds. The second kappa shape index (κ2) is 14.8. The molecule has 0 atom stereocenters. The Morgan fingerprint density at radius 1 is 0.194 bits per heavy atom. The van der Waals surface area contributed by atoms with Crippen LogP contribution in [0.5, 0.6) is 0 Å². The lowest BCUT2D eigenvalue weighted by Crippen LogP contribution is -1.95. The topological polar surface area (TPSA) is 14.8 Å². The van der Waals surface area contributed by atoms with E-state index in [4.69, 9.17) is 0 Å². The third-order valence-electron chi connectivity index (χ3n) is 14.0. The summed E-state index contributed by atoms with van der Waals surface area (Å²) in [5, 5.41) is 10.0. The smallest absolute Gasteiger partial charge is 0.0541 e. The summed E-state index contributed by atoms with van der Waals surface area (Å²) in [5.41, 5.74) is 17.9. The van der Waals surface area contributed by atoms with Crippen LogP contribution in [-0.4, -0.2) is 13.7 Å². The van der Waals surface area contributed by atoms with Gasteiger partial charge in [0.15, 0.2) is 0 Å². The third-order valence-corrected chi connectivity index (χ3v) is 14.0. The first kappa shape index (κ1) is 37.5. The van der Waals surface area contributed by atoms with Crippen LogP contribution in [0.2, 0.25) is 0 Å². The van der Waals surface area contributed by atoms with Gasteiger partial charge >= 0.3 is 0 Å². The number of rotatable bonds is 6. The largest absolute Gasteiger partial charge is 0.309 e. The van der Waals surface area contributed by atoms with Crippen molar-refractivity contribution in [2.24, 2.45) is 0 Å². The van der Waals surface area contributed by atoms with Crippen molar-refractivity contribution in [2.45, 2.75) is 0 Å². The predicted octanol–water partition coefficient (Wildman–Crippen LogP) is 17.1. The minimum atomic E-state index is 1.14. The van der Waals surface area contributed by atoms with Gasteiger partial charge in [-0.1, -0.05) is 158 Å². The van der Waals surface area contributed by atoms with Crippen LogP contribution in [0.1, 0.15) is 0 Å². The third kappa shape index (κ3) is 5.85. The van der Waals surface area contributed by atoms with Gasteiger partial charge in [0, 0.05) is 49.4 Å². The summed E-state index contributed by atoms with van der Waals surface area (Å²) in [6.45, 7) is 0. The lowest BCUT2D eigenvalue weighted by molar-refractivity contribution is 1.18. The molecule has 0 aliphatic heterocycles. The molecule has 0 fully saturated rings. The molecule has 0 saturated carbocycles. The van der Waals surface area contributed by atoms with Gasteiger partial charge < -0.3 is 13.7 Å². The minimum absolute atomic E-state index is 1.14. The van der Waals surface area contributed by atoms with Crippen molar-refractivity contribution < 1.29 is 0 Å². The van der Waals surface area contributed by atoms with Crippen LogP contribution < -0.4 is 0 Å². The molecule has 0 spiro atoms. The summed E-state index contributed by atoms with van der Waals surface area (Å²) < 4.78 is 7.16. The first-order chi connectivity index (χ1) is 33.2. The van der Waals surface area contributed by atoms with E-state index in [0.717, 1.165) is 17.1 Å². The van der Waals surface area contributed by atoms with Gasteiger partial charge in [0.1, 0.15) is 0 Å². The highest BCUT2D eigenvalue weighted by atomic mass is 15.0. The molecule has 3 aromatic heterocycles. The zero-order valence-corrected chi connectivity index (χ0v) is 36.5. The van der Waals surface area contributed by atoms with Crippen molar-refractivity contribution in [3.8, 4) is 50.4 Å². The molecular formula is C64H41N3. The standard InChI is InChI=1S/C64H41N3/c1-7-19-59-51(13-1)52-14-2-8-20-60(52)65(59)48-33-27-42(28-34-48)45-25-26-46-40-57(43-29-35-49(36-30-43)66-61-21-9-3-15-53(61)54-16-4-10-22-62(54)66)58(41-47(46)39-45)44-31-37-50(38-32-44)67-63-23-11-5-17-55(63)56-18-6-12-24-64(56)67/h1-41H. The van der Waals surface area contributed by atoms with E-state index >= 15 is 0 Å². The highest BCUT2D eigenvalue weighted by Crippen LogP contribution is 2.41. The molecule has 11 aromatic carbocycles. The molecule has 0 aliphatic rings. The maximum absolute atomic E-state index is 2.40. The Morgan fingerprint density at radius 2 is 0.463 bits per heavy atom. The Hall–Kier alpha value is -8.92. The lowest BCUT2D eigenvalue weighted by Gasteiger charge is -2.16. The molecule has 312 valence electrons. The van der Waals surface area contributed by atoms with Gasteiger partial charge in [-0.15, -0.1) is 0 Å². The van der Waals surface area contributed by atoms with Gasteiger partial charge in [0.05, 0.1) is 33.1 Å². The van der Waals surface area contributed by atoms with Gasteiger partial charge in [0.25, 0.3) is 0 Å². The SMILES string of the molecule is c1ccc2c(c1)c1ccccc1n2-c1ccc(-c2ccc3cc(-c4ccc(-n5c6ccccc6c6ccccc65)cc4)c(-c4ccc(-n5c6ccccc6c6ccccc65)cc4)cc3c2)cc1. The normalized spacial score (nSPS) is 11.9. The highest BCUT2D eigenvalue weighted by Gasteiger charge is 2.17.